The molecule has 1 amide bonds. The average Bonchev–Trinajstić information content (AvgIpc) is 3.35. The average molecular weight is 561 g/mol. The molecule has 212 valence electrons. The fraction of sp³-hybridized carbons (Fsp3) is 0.375. The van der Waals surface area contributed by atoms with Crippen LogP contribution >= 0.6 is 0 Å². The molecule has 0 fully saturated rings. The first kappa shape index (κ1) is 29.5. The Balaban J connectivity index is 1.44. The van der Waals surface area contributed by atoms with Crippen molar-refractivity contribution >= 4 is 26.8 Å². The highest BCUT2D eigenvalue weighted by molar-refractivity contribution is 7.90. The molecule has 0 aliphatic heterocycles. The standard InChI is InChI=1S/C32H40N4O3S/c1-23(2)17-27(26-9-7-6-8-10-26)20-32(37)33-22-29(35(4)5)19-25-13-16-31-28(18-25)21-34-36(31)40(38,39)30-14-11-24(3)12-15-30/h6-16,18,21,23,27,29H,17,19-20,22H2,1-5H3,(H,33,37)/t27-,29-/m0/s1. The number of aryl methyl sites for hydroxylation is 1. The Bertz CT molecular complexity index is 1530. The summed E-state index contributed by atoms with van der Waals surface area (Å²) in [5.41, 5.74) is 3.78. The zero-order valence-corrected chi connectivity index (χ0v) is 24.9. The van der Waals surface area contributed by atoms with Crippen LogP contribution in [-0.2, 0) is 21.2 Å². The number of carbonyl (C=O) groups is 1. The molecule has 8 heteroatoms. The van der Waals surface area contributed by atoms with Crippen LogP contribution in [0.4, 0.5) is 0 Å². The minimum Gasteiger partial charge on any atom is -0.355 e. The van der Waals surface area contributed by atoms with E-state index in [0.29, 0.717) is 30.8 Å². The van der Waals surface area contributed by atoms with E-state index in [1.54, 1.807) is 30.5 Å². The quantitative estimate of drug-likeness (QED) is 0.251. The van der Waals surface area contributed by atoms with E-state index in [4.69, 9.17) is 0 Å². The Labute approximate surface area is 238 Å². The summed E-state index contributed by atoms with van der Waals surface area (Å²) in [5, 5.41) is 8.14. The van der Waals surface area contributed by atoms with Gasteiger partial charge < -0.3 is 10.2 Å². The van der Waals surface area contributed by atoms with E-state index in [2.05, 4.69) is 41.3 Å². The van der Waals surface area contributed by atoms with Crippen molar-refractivity contribution in [1.82, 2.24) is 19.4 Å². The van der Waals surface area contributed by atoms with Crippen LogP contribution in [0.15, 0.2) is 83.9 Å². The van der Waals surface area contributed by atoms with Gasteiger partial charge in [-0.1, -0.05) is 67.9 Å². The third-order valence-electron chi connectivity index (χ3n) is 7.34. The maximum absolute atomic E-state index is 13.2. The van der Waals surface area contributed by atoms with Gasteiger partial charge in [0.2, 0.25) is 5.91 Å². The number of hydrogen-bond acceptors (Lipinski definition) is 5. The molecule has 1 aromatic heterocycles. The molecule has 7 nitrogen and oxygen atoms in total. The smallest absolute Gasteiger partial charge is 0.283 e. The molecule has 0 aliphatic rings. The maximum Gasteiger partial charge on any atom is 0.283 e. The predicted molar refractivity (Wildman–Crippen MR) is 161 cm³/mol. The Morgan fingerprint density at radius 1 is 1.00 bits per heavy atom. The molecule has 4 rings (SSSR count). The van der Waals surface area contributed by atoms with E-state index in [1.807, 2.05) is 57.4 Å². The Kier molecular flexibility index (Phi) is 9.43. The fourth-order valence-corrected chi connectivity index (χ4v) is 6.33. The van der Waals surface area contributed by atoms with Crippen LogP contribution in [0.25, 0.3) is 10.9 Å². The summed E-state index contributed by atoms with van der Waals surface area (Å²) in [6.07, 6.45) is 3.72. The minimum atomic E-state index is -3.79. The highest BCUT2D eigenvalue weighted by atomic mass is 32.2. The van der Waals surface area contributed by atoms with E-state index >= 15 is 0 Å². The number of fused-ring (bicyclic) bond motifs is 1. The Hall–Kier alpha value is -3.49. The van der Waals surface area contributed by atoms with E-state index in [-0.39, 0.29) is 22.8 Å². The Morgan fingerprint density at radius 3 is 2.35 bits per heavy atom. The summed E-state index contributed by atoms with van der Waals surface area (Å²) in [6.45, 7) is 6.82. The molecule has 0 radical (unpaired) electrons. The summed E-state index contributed by atoms with van der Waals surface area (Å²) in [6, 6.07) is 22.9. The third kappa shape index (κ3) is 7.17. The minimum absolute atomic E-state index is 0.0550. The van der Waals surface area contributed by atoms with Crippen LogP contribution in [-0.4, -0.2) is 55.1 Å². The van der Waals surface area contributed by atoms with Gasteiger partial charge >= 0.3 is 0 Å². The molecule has 3 aromatic carbocycles. The number of nitrogens with zero attached hydrogens (tertiary/aromatic N) is 3. The molecule has 4 aromatic rings. The van der Waals surface area contributed by atoms with Crippen LogP contribution in [0, 0.1) is 12.8 Å². The summed E-state index contributed by atoms with van der Waals surface area (Å²) in [4.78, 5) is 15.3. The second-order valence-electron chi connectivity index (χ2n) is 11.3. The highest BCUT2D eigenvalue weighted by Crippen LogP contribution is 2.27. The molecule has 0 saturated heterocycles. The zero-order chi connectivity index (χ0) is 28.9. The SMILES string of the molecule is Cc1ccc(S(=O)(=O)n2ncc3cc(C[C@@H](CNC(=O)C[C@H](CC(C)C)c4ccccc4)N(C)C)ccc32)cc1. The van der Waals surface area contributed by atoms with Gasteiger partial charge in [-0.25, -0.2) is 0 Å². The third-order valence-corrected chi connectivity index (χ3v) is 8.96. The van der Waals surface area contributed by atoms with Crippen molar-refractivity contribution in [3.05, 3.63) is 95.7 Å². The van der Waals surface area contributed by atoms with E-state index in [9.17, 15) is 13.2 Å². The van der Waals surface area contributed by atoms with Gasteiger partial charge in [-0.05, 0) is 81.1 Å². The molecular formula is C32H40N4O3S. The first-order chi connectivity index (χ1) is 19.0. The van der Waals surface area contributed by atoms with Crippen molar-refractivity contribution < 1.29 is 13.2 Å². The molecule has 40 heavy (non-hydrogen) atoms. The molecule has 1 N–H and O–H groups in total. The van der Waals surface area contributed by atoms with Gasteiger partial charge in [-0.3, -0.25) is 4.79 Å². The number of amides is 1. The molecule has 0 aliphatic carbocycles. The van der Waals surface area contributed by atoms with Gasteiger partial charge in [0.25, 0.3) is 10.0 Å². The Morgan fingerprint density at radius 2 is 1.70 bits per heavy atom. The van der Waals surface area contributed by atoms with Gasteiger partial charge in [-0.2, -0.15) is 17.6 Å². The lowest BCUT2D eigenvalue weighted by atomic mass is 9.87. The van der Waals surface area contributed by atoms with Gasteiger partial charge in [0.15, 0.2) is 0 Å². The lowest BCUT2D eigenvalue weighted by molar-refractivity contribution is -0.121. The summed E-state index contributed by atoms with van der Waals surface area (Å²) < 4.78 is 27.5. The first-order valence-electron chi connectivity index (χ1n) is 13.8. The van der Waals surface area contributed by atoms with E-state index in [1.165, 1.54) is 5.56 Å². The van der Waals surface area contributed by atoms with Crippen molar-refractivity contribution in [2.45, 2.75) is 56.9 Å². The van der Waals surface area contributed by atoms with Crippen molar-refractivity contribution in [2.75, 3.05) is 20.6 Å². The number of aromatic nitrogens is 2. The molecular weight excluding hydrogens is 520 g/mol. The zero-order valence-electron chi connectivity index (χ0n) is 24.0. The number of benzene rings is 3. The van der Waals surface area contributed by atoms with Crippen molar-refractivity contribution in [3.63, 3.8) is 0 Å². The number of likely N-dealkylation sites (N-methyl/N-ethyl adjacent to an activating group) is 1. The number of rotatable bonds is 12. The van der Waals surface area contributed by atoms with E-state index in [0.717, 1.165) is 27.0 Å². The first-order valence-corrected chi connectivity index (χ1v) is 15.3. The maximum atomic E-state index is 13.2. The largest absolute Gasteiger partial charge is 0.355 e. The van der Waals surface area contributed by atoms with Crippen molar-refractivity contribution in [1.29, 1.82) is 0 Å². The summed E-state index contributed by atoms with van der Waals surface area (Å²) >= 11 is 0. The number of hydrogen-bond donors (Lipinski definition) is 1. The van der Waals surface area contributed by atoms with Gasteiger partial charge in [0.05, 0.1) is 16.6 Å². The second-order valence-corrected chi connectivity index (χ2v) is 13.0. The lowest BCUT2D eigenvalue weighted by Gasteiger charge is -2.26. The second kappa shape index (κ2) is 12.8. The fourth-order valence-electron chi connectivity index (χ4n) is 5.06. The van der Waals surface area contributed by atoms with Crippen molar-refractivity contribution in [2.24, 2.45) is 5.92 Å². The van der Waals surface area contributed by atoms with E-state index < -0.39 is 10.0 Å². The predicted octanol–water partition coefficient (Wildman–Crippen LogP) is 5.39. The van der Waals surface area contributed by atoms with Gasteiger partial charge in [0, 0.05) is 24.4 Å². The van der Waals surface area contributed by atoms with Gasteiger partial charge in [0.1, 0.15) is 0 Å². The molecule has 0 bridgehead atoms. The topological polar surface area (TPSA) is 84.3 Å². The number of nitrogens with one attached hydrogen (secondary N) is 1. The van der Waals surface area contributed by atoms with Crippen molar-refractivity contribution in [3.8, 4) is 0 Å². The van der Waals surface area contributed by atoms with Crippen LogP contribution in [0.1, 0.15) is 49.3 Å². The van der Waals surface area contributed by atoms with Crippen LogP contribution in [0.5, 0.6) is 0 Å². The lowest BCUT2D eigenvalue weighted by Crippen LogP contribution is -2.41. The normalized spacial score (nSPS) is 13.6. The van der Waals surface area contributed by atoms with Gasteiger partial charge in [-0.15, -0.1) is 0 Å². The number of carbonyl (C=O) groups excluding carboxylic acids is 1. The molecule has 0 saturated carbocycles. The van der Waals surface area contributed by atoms with Crippen LogP contribution < -0.4 is 5.32 Å². The summed E-state index contributed by atoms with van der Waals surface area (Å²) in [5.74, 6) is 0.743. The molecule has 0 spiro atoms. The van der Waals surface area contributed by atoms with Crippen LogP contribution in [0.2, 0.25) is 0 Å². The molecule has 1 heterocycles. The van der Waals surface area contributed by atoms with Crippen LogP contribution in [0.3, 0.4) is 0 Å². The molecule has 2 atom stereocenters. The summed E-state index contributed by atoms with van der Waals surface area (Å²) in [7, 11) is 0.219. The monoisotopic (exact) mass is 560 g/mol. The highest BCUT2D eigenvalue weighted by Gasteiger charge is 2.22. The molecule has 0 unspecified atom stereocenters.